The normalized spacial score (nSPS) is 17.9. The zero-order valence-corrected chi connectivity index (χ0v) is 65.7. The number of carbonyl (C=O) groups is 16. The summed E-state index contributed by atoms with van der Waals surface area (Å²) in [5, 5.41) is 65.3. The van der Waals surface area contributed by atoms with Crippen LogP contribution in [0.3, 0.4) is 0 Å². The van der Waals surface area contributed by atoms with Crippen LogP contribution in [0.2, 0.25) is 0 Å². The Morgan fingerprint density at radius 1 is 0.477 bits per heavy atom. The van der Waals surface area contributed by atoms with Gasteiger partial charge in [-0.1, -0.05) is 71.9 Å². The molecular weight excluding hydrogens is 1390 g/mol. The Balaban J connectivity index is 1.69. The Morgan fingerprint density at radius 3 is 1.34 bits per heavy atom. The number of rotatable bonds is 37. The van der Waals surface area contributed by atoms with E-state index in [0.29, 0.717) is 0 Å². The third-order valence-corrected chi connectivity index (χ3v) is 18.1. The highest BCUT2D eigenvalue weighted by atomic mass is 16.3. The van der Waals surface area contributed by atoms with Crippen molar-refractivity contribution in [2.75, 3.05) is 26.2 Å². The van der Waals surface area contributed by atoms with E-state index in [2.05, 4.69) is 69.1 Å². The van der Waals surface area contributed by atoms with Gasteiger partial charge < -0.3 is 100.0 Å². The first-order valence-corrected chi connectivity index (χ1v) is 35.9. The molecule has 0 radical (unpaired) electrons. The first kappa shape index (κ1) is 91.8. The molecule has 1 aromatic carbocycles. The Labute approximate surface area is 625 Å². The summed E-state index contributed by atoms with van der Waals surface area (Å²) in [6, 6.07) is 0.320. The van der Waals surface area contributed by atoms with Crippen molar-refractivity contribution < 1.29 is 92.0 Å². The molecule has 9 atom stereocenters. The number of β-amino-alcohol motifs (C(OH)–C–C–N with tert-alkyl or cyclic N) is 2. The van der Waals surface area contributed by atoms with Gasteiger partial charge in [-0.3, -0.25) is 76.7 Å². The SMILES string of the molecule is CC(=O)N[C@H](C(=O)NC(C)(C)C(=O)NC(C)(C)C(=O)NC(C)(C)C(=O)N[C@@H](C(=O)NCC(=O)N[C@@H](CC(C)C)C(=O)NC(C)(C)C(=O)NC(C)(C)C(=O)N1C[C@H](O)C[C@H]1C(=O)N[C@@H](CCC(N)=O)C(=O)NC(C)(C)C(=O)N1C[C@H](O)C[C@@H]1C(=O)NC(C)(C)C(=O)N[C@H](CO)Cc1ccccc1)C(C)C)C(C)C. The second-order valence-corrected chi connectivity index (χ2v) is 32.6. The van der Waals surface area contributed by atoms with E-state index < -0.39 is 226 Å². The van der Waals surface area contributed by atoms with Gasteiger partial charge in [-0.15, -0.1) is 0 Å². The van der Waals surface area contributed by atoms with Crippen LogP contribution >= 0.6 is 0 Å². The van der Waals surface area contributed by atoms with Crippen molar-refractivity contribution in [2.45, 2.75) is 277 Å². The first-order valence-electron chi connectivity index (χ1n) is 35.9. The van der Waals surface area contributed by atoms with Crippen LogP contribution in [0, 0.1) is 17.8 Å². The van der Waals surface area contributed by atoms with Crippen LogP contribution in [-0.2, 0) is 83.1 Å². The van der Waals surface area contributed by atoms with E-state index in [9.17, 15) is 92.0 Å². The number of hydrogen-bond acceptors (Lipinski definition) is 19. The quantitative estimate of drug-likeness (QED) is 0.0309. The highest BCUT2D eigenvalue weighted by Crippen LogP contribution is 2.27. The maximum Gasteiger partial charge on any atom is 0.248 e. The molecule has 600 valence electrons. The van der Waals surface area contributed by atoms with Crippen molar-refractivity contribution in [1.29, 1.82) is 0 Å². The van der Waals surface area contributed by atoms with E-state index in [-0.39, 0.29) is 44.1 Å². The van der Waals surface area contributed by atoms with Gasteiger partial charge >= 0.3 is 0 Å². The number of benzene rings is 1. The number of amides is 16. The van der Waals surface area contributed by atoms with Gasteiger partial charge in [-0.25, -0.2) is 0 Å². The fraction of sp³-hybridized carbons (Fsp3) is 0.694. The summed E-state index contributed by atoms with van der Waals surface area (Å²) in [7, 11) is 0. The lowest BCUT2D eigenvalue weighted by atomic mass is 9.95. The molecule has 2 fully saturated rings. The molecule has 3 rings (SSSR count). The number of hydrogen-bond donors (Lipinski definition) is 17. The van der Waals surface area contributed by atoms with E-state index in [1.807, 2.05) is 18.2 Å². The summed E-state index contributed by atoms with van der Waals surface area (Å²) in [4.78, 5) is 221. The van der Waals surface area contributed by atoms with Gasteiger partial charge in [0.2, 0.25) is 94.5 Å². The van der Waals surface area contributed by atoms with Gasteiger partial charge in [-0.05, 0) is 140 Å². The fourth-order valence-corrected chi connectivity index (χ4v) is 11.7. The molecule has 2 saturated heterocycles. The number of aliphatic hydroxyl groups excluding tert-OH is 3. The van der Waals surface area contributed by atoms with E-state index in [4.69, 9.17) is 5.73 Å². The molecule has 18 N–H and O–H groups in total. The van der Waals surface area contributed by atoms with Gasteiger partial charge in [0, 0.05) is 39.3 Å². The zero-order valence-electron chi connectivity index (χ0n) is 65.7. The molecule has 107 heavy (non-hydrogen) atoms. The van der Waals surface area contributed by atoms with Gasteiger partial charge in [0.1, 0.15) is 75.0 Å². The molecule has 0 unspecified atom stereocenters. The highest BCUT2D eigenvalue weighted by Gasteiger charge is 2.50. The number of carbonyl (C=O) groups excluding carboxylic acids is 16. The van der Waals surface area contributed by atoms with Crippen LogP contribution in [0.25, 0.3) is 0 Å². The molecule has 2 heterocycles. The van der Waals surface area contributed by atoms with E-state index in [1.54, 1.807) is 53.7 Å². The van der Waals surface area contributed by atoms with Crippen molar-refractivity contribution >= 4 is 94.5 Å². The highest BCUT2D eigenvalue weighted by molar-refractivity contribution is 6.03. The minimum Gasteiger partial charge on any atom is -0.394 e. The Morgan fingerprint density at radius 2 is 0.879 bits per heavy atom. The molecule has 0 aromatic heterocycles. The number of primary amides is 1. The van der Waals surface area contributed by atoms with Crippen LogP contribution in [0.1, 0.15) is 183 Å². The lowest BCUT2D eigenvalue weighted by Gasteiger charge is -2.37. The van der Waals surface area contributed by atoms with E-state index in [0.717, 1.165) is 15.4 Å². The monoisotopic (exact) mass is 1510 g/mol. The second-order valence-electron chi connectivity index (χ2n) is 32.6. The van der Waals surface area contributed by atoms with Crippen LogP contribution in [-0.4, -0.2) is 239 Å². The number of nitrogens with zero attached hydrogens (tertiary/aromatic N) is 2. The van der Waals surface area contributed by atoms with Crippen LogP contribution in [0.4, 0.5) is 0 Å². The third kappa shape index (κ3) is 26.8. The Kier molecular flexibility index (Phi) is 32.1. The molecule has 35 nitrogen and oxygen atoms in total. The Hall–Kier alpha value is -9.38. The van der Waals surface area contributed by atoms with Crippen molar-refractivity contribution in [3.05, 3.63) is 35.9 Å². The first-order chi connectivity index (χ1) is 48.9. The predicted molar refractivity (Wildman–Crippen MR) is 391 cm³/mol. The topological polar surface area (TPSA) is 523 Å². The van der Waals surface area contributed by atoms with Crippen LogP contribution in [0.15, 0.2) is 30.3 Å². The summed E-state index contributed by atoms with van der Waals surface area (Å²) < 4.78 is 0. The third-order valence-electron chi connectivity index (χ3n) is 18.1. The zero-order chi connectivity index (χ0) is 82.2. The Bertz CT molecular complexity index is 3460. The number of aliphatic hydroxyl groups is 3. The molecule has 1 aromatic rings. The van der Waals surface area contributed by atoms with Gasteiger partial charge in [0.05, 0.1) is 31.4 Å². The summed E-state index contributed by atoms with van der Waals surface area (Å²) in [5.74, 6) is -14.3. The molecular formula is C72H118N16O19. The lowest BCUT2D eigenvalue weighted by molar-refractivity contribution is -0.147. The van der Waals surface area contributed by atoms with Gasteiger partial charge in [0.25, 0.3) is 0 Å². The second kappa shape index (κ2) is 37.4. The predicted octanol–water partition coefficient (Wildman–Crippen LogP) is -3.41. The summed E-state index contributed by atoms with van der Waals surface area (Å²) in [6.45, 7) is 28.3. The molecule has 35 heteroatoms. The minimum atomic E-state index is -1.90. The van der Waals surface area contributed by atoms with Gasteiger partial charge in [0.15, 0.2) is 0 Å². The molecule has 0 spiro atoms. The summed E-state index contributed by atoms with van der Waals surface area (Å²) in [5.41, 5.74) is -5.91. The number of nitrogens with one attached hydrogen (secondary N) is 13. The van der Waals surface area contributed by atoms with Crippen molar-refractivity contribution in [3.63, 3.8) is 0 Å². The molecule has 0 bridgehead atoms. The largest absolute Gasteiger partial charge is 0.394 e. The maximum atomic E-state index is 14.5. The number of nitrogens with two attached hydrogens (primary N) is 1. The molecule has 0 aliphatic carbocycles. The molecule has 2 aliphatic heterocycles. The molecule has 16 amide bonds. The van der Waals surface area contributed by atoms with Crippen LogP contribution < -0.4 is 74.9 Å². The molecule has 0 saturated carbocycles. The summed E-state index contributed by atoms with van der Waals surface area (Å²) >= 11 is 0. The van der Waals surface area contributed by atoms with Crippen molar-refractivity contribution in [2.24, 2.45) is 23.5 Å². The van der Waals surface area contributed by atoms with Crippen molar-refractivity contribution in [1.82, 2.24) is 78.9 Å². The molecule has 2 aliphatic rings. The van der Waals surface area contributed by atoms with E-state index >= 15 is 0 Å². The standard InChI is InChI=1S/C72H118N16O19/c1-37(2)29-46(77-50(94)33-74-57(99)51(38(3)4)79-60(102)67(10,11)84-63(105)70(16,17)85-61(103)69(14,15)83-58(100)52(39(5)6)75-40(7)90)54(96)80-68(12,13)62(104)86-72(20,21)65(107)87-34-43(91)31-47(87)55(97)78-45(27-28-49(73)93)53(95)81-71(18,19)64(106)88-35-44(92)32-48(88)56(98)82-66(8,9)59(101)76-42(36-89)30-41-25-23-22-24-26-41/h22-26,37-39,42-48,51-52,89,91-92H,27-36H2,1-21H3,(H2,73,93)(H,74,99)(H,75,90)(H,76,101)(H,77,94)(H,78,97)(H,79,102)(H,80,96)(H,81,95)(H,82,98)(H,83,100)(H,84,105)(H,85,103)(H,86,104)/t42-,43+,44+,45-,46-,47-,48+,51+,52-/m0/s1. The average Bonchev–Trinajstić information content (AvgIpc) is 1.73. The van der Waals surface area contributed by atoms with Gasteiger partial charge in [-0.2, -0.15) is 0 Å². The van der Waals surface area contributed by atoms with Crippen LogP contribution in [0.5, 0.6) is 0 Å². The fourth-order valence-electron chi connectivity index (χ4n) is 11.7. The lowest BCUT2D eigenvalue weighted by Crippen LogP contribution is -2.67. The smallest absolute Gasteiger partial charge is 0.248 e. The van der Waals surface area contributed by atoms with E-state index in [1.165, 1.54) is 104 Å². The average molecular weight is 1510 g/mol. The maximum absolute atomic E-state index is 14.5. The van der Waals surface area contributed by atoms with Crippen molar-refractivity contribution in [3.8, 4) is 0 Å². The summed E-state index contributed by atoms with van der Waals surface area (Å²) in [6.07, 6.45) is -3.73. The minimum absolute atomic E-state index is 0.0191. The number of likely N-dealkylation sites (tertiary alicyclic amines) is 2.